The molecule has 0 aliphatic heterocycles. The van der Waals surface area contributed by atoms with E-state index in [4.69, 9.17) is 11.6 Å². The van der Waals surface area contributed by atoms with Gasteiger partial charge in [0.2, 0.25) is 0 Å². The maximum absolute atomic E-state index is 10.5. The largest absolute Gasteiger partial charge is 0.299 e. The first kappa shape index (κ1) is 11.4. The number of hydrogen-bond donors (Lipinski definition) is 0. The molecule has 0 unspecified atom stereocenters. The molecule has 15 heavy (non-hydrogen) atoms. The van der Waals surface area contributed by atoms with Crippen LogP contribution in [-0.4, -0.2) is 12.6 Å². The monoisotopic (exact) mass is 220 g/mol. The summed E-state index contributed by atoms with van der Waals surface area (Å²) in [5.41, 5.74) is 1.46. The van der Waals surface area contributed by atoms with Crippen molar-refractivity contribution in [2.75, 3.05) is 0 Å². The van der Waals surface area contributed by atoms with Crippen LogP contribution < -0.4 is 0 Å². The Morgan fingerprint density at radius 2 is 1.93 bits per heavy atom. The average molecular weight is 221 g/mol. The summed E-state index contributed by atoms with van der Waals surface area (Å²) in [6, 6.07) is 7.07. The minimum absolute atomic E-state index is 0.349. The van der Waals surface area contributed by atoms with Gasteiger partial charge in [-0.2, -0.15) is 0 Å². The Bertz CT molecular complexity index is 419. The number of carbonyl (C=O) groups excluding carboxylic acids is 2. The maximum Gasteiger partial charge on any atom is 0.150 e. The summed E-state index contributed by atoms with van der Waals surface area (Å²) in [7, 11) is 0. The van der Waals surface area contributed by atoms with Crippen molar-refractivity contribution in [2.45, 2.75) is 0 Å². The predicted octanol–water partition coefficient (Wildman–Crippen LogP) is 2.83. The molecule has 0 saturated heterocycles. The third-order valence-electron chi connectivity index (χ3n) is 1.71. The topological polar surface area (TPSA) is 34.1 Å². The van der Waals surface area contributed by atoms with Gasteiger partial charge in [-0.25, -0.2) is 0 Å². The highest BCUT2D eigenvalue weighted by molar-refractivity contribution is 6.32. The third kappa shape index (κ3) is 3.92. The molecule has 0 aliphatic rings. The zero-order chi connectivity index (χ0) is 11.1. The molecule has 76 valence electrons. The maximum atomic E-state index is 10.5. The second kappa shape index (κ2) is 5.94. The van der Waals surface area contributed by atoms with Gasteiger partial charge in [-0.3, -0.25) is 9.59 Å². The number of halogens is 1. The molecule has 1 aromatic carbocycles. The molecule has 0 radical (unpaired) electrons. The number of carbonyl (C=O) groups is 2. The van der Waals surface area contributed by atoms with Crippen LogP contribution in [-0.2, 0) is 4.79 Å². The highest BCUT2D eigenvalue weighted by atomic mass is 35.5. The van der Waals surface area contributed by atoms with Crippen LogP contribution in [0.3, 0.4) is 0 Å². The highest BCUT2D eigenvalue weighted by Crippen LogP contribution is 2.09. The Morgan fingerprint density at radius 1 is 1.20 bits per heavy atom. The van der Waals surface area contributed by atoms with Gasteiger partial charge in [0.25, 0.3) is 0 Å². The van der Waals surface area contributed by atoms with Crippen molar-refractivity contribution in [3.05, 3.63) is 52.6 Å². The fraction of sp³-hybridized carbons (Fsp3) is 0. The van der Waals surface area contributed by atoms with Gasteiger partial charge in [-0.05, 0) is 23.8 Å². The van der Waals surface area contributed by atoms with E-state index in [9.17, 15) is 9.59 Å². The zero-order valence-corrected chi connectivity index (χ0v) is 8.65. The quantitative estimate of drug-likeness (QED) is 0.444. The third-order valence-corrected chi connectivity index (χ3v) is 1.96. The Morgan fingerprint density at radius 3 is 2.60 bits per heavy atom. The van der Waals surface area contributed by atoms with E-state index in [1.807, 2.05) is 6.07 Å². The normalized spacial score (nSPS) is 11.7. The van der Waals surface area contributed by atoms with Crippen LogP contribution in [0.1, 0.15) is 15.9 Å². The van der Waals surface area contributed by atoms with E-state index >= 15 is 0 Å². The van der Waals surface area contributed by atoms with Crippen molar-refractivity contribution in [3.8, 4) is 0 Å². The van der Waals surface area contributed by atoms with E-state index < -0.39 is 0 Å². The summed E-state index contributed by atoms with van der Waals surface area (Å²) in [4.78, 5) is 20.6. The zero-order valence-electron chi connectivity index (χ0n) is 7.89. The minimum Gasteiger partial charge on any atom is -0.299 e. The number of allylic oxidation sites excluding steroid dienone is 3. The molecule has 3 heteroatoms. The Labute approximate surface area is 92.9 Å². The van der Waals surface area contributed by atoms with Crippen molar-refractivity contribution in [1.82, 2.24) is 0 Å². The van der Waals surface area contributed by atoms with E-state index in [1.54, 1.807) is 30.4 Å². The second-order valence-electron chi connectivity index (χ2n) is 2.81. The van der Waals surface area contributed by atoms with Gasteiger partial charge in [-0.1, -0.05) is 35.9 Å². The van der Waals surface area contributed by atoms with Gasteiger partial charge in [-0.15, -0.1) is 0 Å². The highest BCUT2D eigenvalue weighted by Gasteiger charge is 1.91. The standard InChI is InChI=1S/C12H9ClO2/c13-12(6-7-14)5-4-10-2-1-3-11(8-10)9-15/h1-9H. The van der Waals surface area contributed by atoms with E-state index in [0.717, 1.165) is 11.8 Å². The SMILES string of the molecule is O=CC=C(Cl)C=Cc1cccc(C=O)c1. The lowest BCUT2D eigenvalue weighted by Gasteiger charge is -1.94. The molecule has 0 heterocycles. The summed E-state index contributed by atoms with van der Waals surface area (Å²) >= 11 is 5.68. The van der Waals surface area contributed by atoms with Crippen LogP contribution in [0, 0.1) is 0 Å². The van der Waals surface area contributed by atoms with Crippen molar-refractivity contribution < 1.29 is 9.59 Å². The summed E-state index contributed by atoms with van der Waals surface area (Å²) in [5.74, 6) is 0. The summed E-state index contributed by atoms with van der Waals surface area (Å²) in [5, 5.41) is 0.349. The fourth-order valence-corrected chi connectivity index (χ4v) is 1.15. The molecule has 0 amide bonds. The smallest absolute Gasteiger partial charge is 0.150 e. The van der Waals surface area contributed by atoms with Crippen molar-refractivity contribution in [1.29, 1.82) is 0 Å². The first-order valence-electron chi connectivity index (χ1n) is 4.30. The number of rotatable bonds is 4. The Hall–Kier alpha value is -1.67. The van der Waals surface area contributed by atoms with E-state index in [2.05, 4.69) is 0 Å². The van der Waals surface area contributed by atoms with Crippen LogP contribution >= 0.6 is 11.6 Å². The van der Waals surface area contributed by atoms with Crippen LogP contribution in [0.4, 0.5) is 0 Å². The van der Waals surface area contributed by atoms with Crippen LogP contribution in [0.15, 0.2) is 41.4 Å². The van der Waals surface area contributed by atoms with Gasteiger partial charge in [0.15, 0.2) is 0 Å². The molecule has 0 fully saturated rings. The van der Waals surface area contributed by atoms with Gasteiger partial charge >= 0.3 is 0 Å². The van der Waals surface area contributed by atoms with Crippen LogP contribution in [0.2, 0.25) is 0 Å². The van der Waals surface area contributed by atoms with Gasteiger partial charge in [0, 0.05) is 10.6 Å². The number of benzene rings is 1. The summed E-state index contributed by atoms with van der Waals surface area (Å²) < 4.78 is 0. The molecule has 0 aromatic heterocycles. The molecule has 0 aliphatic carbocycles. The molecular weight excluding hydrogens is 212 g/mol. The lowest BCUT2D eigenvalue weighted by Crippen LogP contribution is -1.79. The molecular formula is C12H9ClO2. The van der Waals surface area contributed by atoms with Gasteiger partial charge in [0.1, 0.15) is 12.6 Å². The summed E-state index contributed by atoms with van der Waals surface area (Å²) in [6.07, 6.45) is 5.98. The molecule has 0 saturated carbocycles. The molecule has 2 nitrogen and oxygen atoms in total. The summed E-state index contributed by atoms with van der Waals surface area (Å²) in [6.45, 7) is 0. The predicted molar refractivity (Wildman–Crippen MR) is 60.9 cm³/mol. The average Bonchev–Trinajstić information content (AvgIpc) is 2.27. The minimum atomic E-state index is 0.349. The van der Waals surface area contributed by atoms with Crippen LogP contribution in [0.25, 0.3) is 6.08 Å². The van der Waals surface area contributed by atoms with E-state index in [0.29, 0.717) is 16.9 Å². The first-order chi connectivity index (χ1) is 7.26. The van der Waals surface area contributed by atoms with E-state index in [1.165, 1.54) is 6.08 Å². The lowest BCUT2D eigenvalue weighted by molar-refractivity contribution is -0.104. The van der Waals surface area contributed by atoms with Gasteiger partial charge < -0.3 is 0 Å². The first-order valence-corrected chi connectivity index (χ1v) is 4.68. The number of aldehydes is 2. The number of hydrogen-bond acceptors (Lipinski definition) is 2. The molecule has 0 N–H and O–H groups in total. The van der Waals surface area contributed by atoms with Crippen molar-refractivity contribution in [2.24, 2.45) is 0 Å². The molecule has 1 rings (SSSR count). The van der Waals surface area contributed by atoms with Gasteiger partial charge in [0.05, 0.1) is 0 Å². The molecule has 0 atom stereocenters. The Balaban J connectivity index is 2.84. The van der Waals surface area contributed by atoms with Crippen molar-refractivity contribution >= 4 is 30.2 Å². The van der Waals surface area contributed by atoms with Crippen LogP contribution in [0.5, 0.6) is 0 Å². The molecule has 0 bridgehead atoms. The second-order valence-corrected chi connectivity index (χ2v) is 3.25. The Kier molecular flexibility index (Phi) is 4.51. The van der Waals surface area contributed by atoms with Crippen molar-refractivity contribution in [3.63, 3.8) is 0 Å². The molecule has 1 aromatic rings. The lowest BCUT2D eigenvalue weighted by atomic mass is 10.1. The van der Waals surface area contributed by atoms with E-state index in [-0.39, 0.29) is 0 Å². The molecule has 0 spiro atoms. The fourth-order valence-electron chi connectivity index (χ4n) is 1.03.